The third-order valence-corrected chi connectivity index (χ3v) is 5.75. The molecule has 0 radical (unpaired) electrons. The Morgan fingerprint density at radius 2 is 2.24 bits per heavy atom. The molecule has 2 aromatic rings. The topological polar surface area (TPSA) is 58.6 Å². The number of carbonyl (C=O) groups excluding carboxylic acids is 2. The maximum Gasteiger partial charge on any atom is 0.261 e. The lowest BCUT2D eigenvalue weighted by Crippen LogP contribution is -2.34. The molecule has 1 N–H and O–H groups in total. The van der Waals surface area contributed by atoms with E-state index in [9.17, 15) is 9.59 Å². The highest BCUT2D eigenvalue weighted by molar-refractivity contribution is 7.10. The van der Waals surface area contributed by atoms with Crippen molar-refractivity contribution in [1.29, 1.82) is 0 Å². The first-order valence-corrected chi connectivity index (χ1v) is 9.47. The maximum absolute atomic E-state index is 12.6. The molecule has 1 saturated heterocycles. The fourth-order valence-electron chi connectivity index (χ4n) is 3.52. The molecule has 0 bridgehead atoms. The summed E-state index contributed by atoms with van der Waals surface area (Å²) in [6.07, 6.45) is 3.25. The van der Waals surface area contributed by atoms with Crippen molar-refractivity contribution in [2.75, 3.05) is 18.5 Å². The monoisotopic (exact) mass is 356 g/mol. The van der Waals surface area contributed by atoms with Crippen LogP contribution in [0.4, 0.5) is 5.69 Å². The largest absolute Gasteiger partial charge is 0.484 e. The van der Waals surface area contributed by atoms with Crippen LogP contribution in [0, 0.1) is 0 Å². The Hall–Kier alpha value is -2.34. The van der Waals surface area contributed by atoms with E-state index in [1.165, 1.54) is 4.88 Å². The second-order valence-corrected chi connectivity index (χ2v) is 7.40. The minimum absolute atomic E-state index is 0.0296. The summed E-state index contributed by atoms with van der Waals surface area (Å²) < 4.78 is 5.74. The minimum atomic E-state index is 0.0296. The highest BCUT2D eigenvalue weighted by Gasteiger charge is 2.30. The van der Waals surface area contributed by atoms with Gasteiger partial charge in [-0.05, 0) is 54.5 Å². The molecule has 2 aliphatic heterocycles. The molecule has 1 fully saturated rings. The minimum Gasteiger partial charge on any atom is -0.484 e. The third-order valence-electron chi connectivity index (χ3n) is 4.78. The van der Waals surface area contributed by atoms with Crippen LogP contribution < -0.4 is 10.1 Å². The number of rotatable bonds is 4. The Labute approximate surface area is 150 Å². The van der Waals surface area contributed by atoms with Crippen LogP contribution in [-0.2, 0) is 16.0 Å². The quantitative estimate of drug-likeness (QED) is 0.914. The third kappa shape index (κ3) is 3.39. The van der Waals surface area contributed by atoms with E-state index in [0.717, 1.165) is 30.6 Å². The number of aryl methyl sites for hydroxylation is 1. The van der Waals surface area contributed by atoms with Gasteiger partial charge in [0, 0.05) is 23.5 Å². The molecule has 1 aromatic heterocycles. The first-order chi connectivity index (χ1) is 12.2. The number of thiophene rings is 1. The van der Waals surface area contributed by atoms with Crippen LogP contribution in [0.15, 0.2) is 35.7 Å². The van der Waals surface area contributed by atoms with Gasteiger partial charge in [0.2, 0.25) is 5.91 Å². The van der Waals surface area contributed by atoms with Gasteiger partial charge in [0.1, 0.15) is 5.75 Å². The first kappa shape index (κ1) is 16.1. The number of fused-ring (bicyclic) bond motifs is 1. The summed E-state index contributed by atoms with van der Waals surface area (Å²) in [4.78, 5) is 27.2. The van der Waals surface area contributed by atoms with Crippen LogP contribution in [-0.4, -0.2) is 29.9 Å². The van der Waals surface area contributed by atoms with E-state index >= 15 is 0 Å². The van der Waals surface area contributed by atoms with E-state index in [-0.39, 0.29) is 24.5 Å². The number of nitrogens with zero attached hydrogens (tertiary/aromatic N) is 1. The number of benzene rings is 1. The van der Waals surface area contributed by atoms with E-state index in [4.69, 9.17) is 4.74 Å². The summed E-state index contributed by atoms with van der Waals surface area (Å²) in [6.45, 7) is 0.841. The van der Waals surface area contributed by atoms with Crippen LogP contribution >= 0.6 is 11.3 Å². The summed E-state index contributed by atoms with van der Waals surface area (Å²) in [6, 6.07) is 9.88. The number of hydrogen-bond acceptors (Lipinski definition) is 4. The van der Waals surface area contributed by atoms with Gasteiger partial charge in [-0.3, -0.25) is 9.59 Å². The smallest absolute Gasteiger partial charge is 0.261 e. The zero-order valence-corrected chi connectivity index (χ0v) is 14.7. The lowest BCUT2D eigenvalue weighted by molar-refractivity contribution is -0.134. The molecule has 25 heavy (non-hydrogen) atoms. The number of amides is 2. The fraction of sp³-hybridized carbons (Fsp3) is 0.368. The van der Waals surface area contributed by atoms with E-state index in [1.807, 2.05) is 23.1 Å². The van der Waals surface area contributed by atoms with Gasteiger partial charge in [0.25, 0.3) is 5.91 Å². The van der Waals surface area contributed by atoms with Crippen molar-refractivity contribution in [1.82, 2.24) is 4.90 Å². The molecule has 0 spiro atoms. The number of ether oxygens (including phenoxy) is 1. The number of likely N-dealkylation sites (tertiary alicyclic amines) is 1. The van der Waals surface area contributed by atoms with Gasteiger partial charge in [0.05, 0.1) is 6.04 Å². The molecule has 2 aliphatic rings. The second-order valence-electron chi connectivity index (χ2n) is 6.42. The summed E-state index contributed by atoms with van der Waals surface area (Å²) >= 11 is 1.70. The summed E-state index contributed by atoms with van der Waals surface area (Å²) in [5, 5.41) is 4.90. The van der Waals surface area contributed by atoms with Gasteiger partial charge in [-0.15, -0.1) is 11.3 Å². The molecular formula is C19H20N2O3S. The van der Waals surface area contributed by atoms with Crippen molar-refractivity contribution in [2.24, 2.45) is 0 Å². The van der Waals surface area contributed by atoms with Crippen LogP contribution in [0.1, 0.15) is 35.7 Å². The van der Waals surface area contributed by atoms with Gasteiger partial charge in [-0.1, -0.05) is 6.07 Å². The Morgan fingerprint density at radius 1 is 1.32 bits per heavy atom. The normalized spacial score (nSPS) is 19.4. The molecule has 0 saturated carbocycles. The fourth-order valence-corrected chi connectivity index (χ4v) is 4.39. The molecule has 6 heteroatoms. The molecule has 4 rings (SSSR count). The average Bonchev–Trinajstić information content (AvgIpc) is 3.30. The van der Waals surface area contributed by atoms with Crippen molar-refractivity contribution >= 4 is 28.8 Å². The predicted octanol–water partition coefficient (Wildman–Crippen LogP) is 3.38. The van der Waals surface area contributed by atoms with Gasteiger partial charge < -0.3 is 15.0 Å². The number of nitrogens with one attached hydrogen (secondary N) is 1. The van der Waals surface area contributed by atoms with Crippen molar-refractivity contribution < 1.29 is 14.3 Å². The van der Waals surface area contributed by atoms with E-state index in [2.05, 4.69) is 16.8 Å². The SMILES string of the molecule is O=C1CCc2cc(OCC(=O)N3CCC[C@@H]3c3cccs3)ccc2N1. The Kier molecular flexibility index (Phi) is 4.44. The van der Waals surface area contributed by atoms with Gasteiger partial charge in [-0.25, -0.2) is 0 Å². The molecule has 2 amide bonds. The zero-order valence-electron chi connectivity index (χ0n) is 13.9. The molecule has 130 valence electrons. The van der Waals surface area contributed by atoms with Crippen molar-refractivity contribution in [3.05, 3.63) is 46.2 Å². The highest BCUT2D eigenvalue weighted by atomic mass is 32.1. The van der Waals surface area contributed by atoms with Crippen LogP contribution in [0.3, 0.4) is 0 Å². The van der Waals surface area contributed by atoms with Gasteiger partial charge in [0.15, 0.2) is 6.61 Å². The predicted molar refractivity (Wildman–Crippen MR) is 96.9 cm³/mol. The number of hydrogen-bond donors (Lipinski definition) is 1. The van der Waals surface area contributed by atoms with Crippen molar-refractivity contribution in [3.8, 4) is 5.75 Å². The van der Waals surface area contributed by atoms with E-state index < -0.39 is 0 Å². The number of carbonyl (C=O) groups is 2. The van der Waals surface area contributed by atoms with Crippen LogP contribution in [0.2, 0.25) is 0 Å². The van der Waals surface area contributed by atoms with E-state index in [1.54, 1.807) is 17.4 Å². The van der Waals surface area contributed by atoms with E-state index in [0.29, 0.717) is 18.6 Å². The summed E-state index contributed by atoms with van der Waals surface area (Å²) in [5.41, 5.74) is 1.90. The first-order valence-electron chi connectivity index (χ1n) is 8.59. The molecule has 3 heterocycles. The molecule has 0 unspecified atom stereocenters. The van der Waals surface area contributed by atoms with Gasteiger partial charge >= 0.3 is 0 Å². The lowest BCUT2D eigenvalue weighted by atomic mass is 10.0. The second kappa shape index (κ2) is 6.88. The zero-order chi connectivity index (χ0) is 17.2. The molecule has 1 aromatic carbocycles. The summed E-state index contributed by atoms with van der Waals surface area (Å²) in [7, 11) is 0. The molecular weight excluding hydrogens is 336 g/mol. The average molecular weight is 356 g/mol. The number of anilines is 1. The van der Waals surface area contributed by atoms with Gasteiger partial charge in [-0.2, -0.15) is 0 Å². The molecule has 1 atom stereocenters. The highest BCUT2D eigenvalue weighted by Crippen LogP contribution is 2.34. The Morgan fingerprint density at radius 3 is 3.08 bits per heavy atom. The molecule has 0 aliphatic carbocycles. The maximum atomic E-state index is 12.6. The summed E-state index contributed by atoms with van der Waals surface area (Å²) in [5.74, 6) is 0.752. The lowest BCUT2D eigenvalue weighted by Gasteiger charge is -2.24. The molecule has 5 nitrogen and oxygen atoms in total. The van der Waals surface area contributed by atoms with Crippen LogP contribution in [0.25, 0.3) is 0 Å². The van der Waals surface area contributed by atoms with Crippen molar-refractivity contribution in [2.45, 2.75) is 31.7 Å². The Bertz CT molecular complexity index is 788. The van der Waals surface area contributed by atoms with Crippen LogP contribution in [0.5, 0.6) is 5.75 Å². The Balaban J connectivity index is 1.39. The van der Waals surface area contributed by atoms with Crippen molar-refractivity contribution in [3.63, 3.8) is 0 Å². The standard InChI is InChI=1S/C19H20N2O3S/c22-18-8-5-13-11-14(6-7-15(13)20-18)24-12-19(23)21-9-1-3-16(21)17-4-2-10-25-17/h2,4,6-7,10-11,16H,1,3,5,8-9,12H2,(H,20,22)/t16-/m1/s1.